The van der Waals surface area contributed by atoms with Gasteiger partial charge in [-0.25, -0.2) is 13.6 Å². The standard InChI is InChI=1S/C40H54F3NO5S/c1-4-5-6-10-19-26-38(42,43)27-20-11-8-7-9-18-25-33(39(48,28-29-41)36(46)47)35(45)44-34(30(2)3)40(49-37(44)50,31-21-14-12-15-22-31)32-23-16-13-17-24-32/h12-18,21-25,30,33-34,48H,4-11,19-20,26-29H2,1-3H3,(H,46,47)/t33-,34?,39+/m1/s1. The van der Waals surface area contributed by atoms with Crippen LogP contribution in [0.1, 0.15) is 115 Å². The maximum Gasteiger partial charge on any atom is 0.336 e. The summed E-state index contributed by atoms with van der Waals surface area (Å²) in [4.78, 5) is 28.3. The molecule has 0 aliphatic carbocycles. The zero-order valence-corrected chi connectivity index (χ0v) is 30.5. The van der Waals surface area contributed by atoms with E-state index in [4.69, 9.17) is 17.0 Å². The Labute approximate surface area is 301 Å². The molecule has 0 spiro atoms. The lowest BCUT2D eigenvalue weighted by atomic mass is 9.75. The zero-order valence-electron chi connectivity index (χ0n) is 29.7. The van der Waals surface area contributed by atoms with E-state index in [1.54, 1.807) is 6.08 Å². The van der Waals surface area contributed by atoms with E-state index in [1.165, 1.54) is 11.0 Å². The smallest absolute Gasteiger partial charge is 0.336 e. The Morgan fingerprint density at radius 1 is 0.900 bits per heavy atom. The third kappa shape index (κ3) is 10.2. The quantitative estimate of drug-likeness (QED) is 0.0717. The molecule has 10 heteroatoms. The van der Waals surface area contributed by atoms with Crippen LogP contribution in [0.4, 0.5) is 13.2 Å². The Kier molecular flexibility index (Phi) is 16.0. The minimum atomic E-state index is -2.76. The molecule has 3 rings (SSSR count). The van der Waals surface area contributed by atoms with Gasteiger partial charge in [0.2, 0.25) is 11.8 Å². The average molecular weight is 718 g/mol. The molecule has 0 radical (unpaired) electrons. The molecule has 2 aromatic rings. The molecule has 0 saturated carbocycles. The molecule has 276 valence electrons. The molecular formula is C40H54F3NO5S. The van der Waals surface area contributed by atoms with Crippen molar-refractivity contribution in [3.8, 4) is 0 Å². The van der Waals surface area contributed by atoms with E-state index in [1.807, 2.05) is 74.5 Å². The van der Waals surface area contributed by atoms with Crippen molar-refractivity contribution < 1.29 is 37.7 Å². The number of carbonyl (C=O) groups excluding carboxylic acids is 1. The van der Waals surface area contributed by atoms with Gasteiger partial charge in [-0.2, -0.15) is 0 Å². The Bertz CT molecular complexity index is 1350. The molecule has 0 aromatic heterocycles. The predicted octanol–water partition coefficient (Wildman–Crippen LogP) is 9.78. The predicted molar refractivity (Wildman–Crippen MR) is 195 cm³/mol. The monoisotopic (exact) mass is 717 g/mol. The Morgan fingerprint density at radius 2 is 1.42 bits per heavy atom. The number of benzene rings is 2. The fourth-order valence-corrected chi connectivity index (χ4v) is 7.35. The van der Waals surface area contributed by atoms with Crippen molar-refractivity contribution in [3.63, 3.8) is 0 Å². The number of aliphatic carboxylic acids is 1. The van der Waals surface area contributed by atoms with Gasteiger partial charge in [-0.3, -0.25) is 14.1 Å². The summed E-state index contributed by atoms with van der Waals surface area (Å²) in [6.07, 6.45) is 9.08. The van der Waals surface area contributed by atoms with Gasteiger partial charge in [0.1, 0.15) is 0 Å². The van der Waals surface area contributed by atoms with Crippen LogP contribution in [0.5, 0.6) is 0 Å². The van der Waals surface area contributed by atoms with E-state index in [2.05, 4.69) is 6.92 Å². The van der Waals surface area contributed by atoms with Gasteiger partial charge in [-0.1, -0.05) is 132 Å². The lowest BCUT2D eigenvalue weighted by Crippen LogP contribution is -2.57. The number of halogens is 3. The lowest BCUT2D eigenvalue weighted by molar-refractivity contribution is -0.169. The third-order valence-corrected chi connectivity index (χ3v) is 9.96. The SMILES string of the molecule is CCCCCCCC(F)(F)CCCCCCC=C[C@H](C(=O)N1C(=S)OC(c2ccccc2)(c2ccccc2)C1C(C)C)[C@@](O)(CCF)C(=O)O. The van der Waals surface area contributed by atoms with Gasteiger partial charge in [0.25, 0.3) is 5.17 Å². The zero-order chi connectivity index (χ0) is 36.8. The lowest BCUT2D eigenvalue weighted by Gasteiger charge is -2.39. The van der Waals surface area contributed by atoms with Crippen molar-refractivity contribution in [1.82, 2.24) is 4.90 Å². The van der Waals surface area contributed by atoms with Crippen LogP contribution in [-0.2, 0) is 19.9 Å². The molecule has 0 bridgehead atoms. The number of allylic oxidation sites excluding steroid dienone is 1. The second-order valence-corrected chi connectivity index (χ2v) is 14.1. The molecule has 6 nitrogen and oxygen atoms in total. The van der Waals surface area contributed by atoms with Crippen molar-refractivity contribution in [2.45, 2.75) is 127 Å². The maximum atomic E-state index is 14.6. The van der Waals surface area contributed by atoms with Crippen LogP contribution in [0.25, 0.3) is 0 Å². The molecule has 1 fully saturated rings. The Morgan fingerprint density at radius 3 is 1.90 bits per heavy atom. The number of carboxylic acids is 1. The number of alkyl halides is 3. The maximum absolute atomic E-state index is 14.6. The number of hydrogen-bond donors (Lipinski definition) is 2. The molecular weight excluding hydrogens is 664 g/mol. The van der Waals surface area contributed by atoms with Crippen molar-refractivity contribution in [3.05, 3.63) is 83.9 Å². The fraction of sp³-hybridized carbons (Fsp3) is 0.575. The number of amides is 1. The number of rotatable bonds is 22. The van der Waals surface area contributed by atoms with Gasteiger partial charge in [-0.15, -0.1) is 0 Å². The topological polar surface area (TPSA) is 87.1 Å². The van der Waals surface area contributed by atoms with Crippen LogP contribution < -0.4 is 0 Å². The summed E-state index contributed by atoms with van der Waals surface area (Å²) in [5, 5.41) is 21.4. The Balaban J connectivity index is 1.80. The molecule has 1 heterocycles. The third-order valence-electron chi connectivity index (χ3n) is 9.68. The van der Waals surface area contributed by atoms with Crippen LogP contribution in [0.2, 0.25) is 0 Å². The molecule has 50 heavy (non-hydrogen) atoms. The first-order chi connectivity index (χ1) is 23.9. The first-order valence-corrected chi connectivity index (χ1v) is 18.5. The summed E-state index contributed by atoms with van der Waals surface area (Å²) < 4.78 is 48.8. The van der Waals surface area contributed by atoms with E-state index in [9.17, 15) is 33.0 Å². The summed E-state index contributed by atoms with van der Waals surface area (Å²) in [6.45, 7) is 4.73. The number of carboxylic acid groups (broad SMARTS) is 1. The highest BCUT2D eigenvalue weighted by molar-refractivity contribution is 7.80. The van der Waals surface area contributed by atoms with Crippen LogP contribution >= 0.6 is 12.2 Å². The van der Waals surface area contributed by atoms with Crippen LogP contribution in [0, 0.1) is 11.8 Å². The van der Waals surface area contributed by atoms with Crippen molar-refractivity contribution in [2.75, 3.05) is 6.67 Å². The van der Waals surface area contributed by atoms with E-state index < -0.39 is 54.1 Å². The van der Waals surface area contributed by atoms with Gasteiger partial charge in [-0.05, 0) is 43.8 Å². The number of carbonyl (C=O) groups is 2. The Hall–Kier alpha value is -3.24. The highest BCUT2D eigenvalue weighted by Gasteiger charge is 2.60. The number of unbranched alkanes of at least 4 members (excludes halogenated alkanes) is 8. The summed E-state index contributed by atoms with van der Waals surface area (Å²) in [6, 6.07) is 17.9. The normalized spacial score (nSPS) is 18.0. The average Bonchev–Trinajstić information content (AvgIpc) is 3.42. The number of hydrogen-bond acceptors (Lipinski definition) is 5. The molecule has 1 aliphatic rings. The van der Waals surface area contributed by atoms with Gasteiger partial charge in [0.15, 0.2) is 11.2 Å². The minimum Gasteiger partial charge on any atom is -0.479 e. The first-order valence-electron chi connectivity index (χ1n) is 18.1. The van der Waals surface area contributed by atoms with Crippen molar-refractivity contribution >= 4 is 29.3 Å². The number of nitrogens with zero attached hydrogens (tertiary/aromatic N) is 1. The van der Waals surface area contributed by atoms with Crippen LogP contribution in [0.15, 0.2) is 72.8 Å². The number of thiocarbonyl (C=S) groups is 1. The van der Waals surface area contributed by atoms with Crippen molar-refractivity contribution in [2.24, 2.45) is 11.8 Å². The van der Waals surface area contributed by atoms with Crippen LogP contribution in [-0.4, -0.2) is 56.4 Å². The fourth-order valence-electron chi connectivity index (χ4n) is 7.01. The summed E-state index contributed by atoms with van der Waals surface area (Å²) >= 11 is 5.70. The number of ether oxygens (including phenoxy) is 1. The minimum absolute atomic E-state index is 0.0821. The summed E-state index contributed by atoms with van der Waals surface area (Å²) in [5.74, 6) is -7.15. The molecule has 2 N–H and O–H groups in total. The summed E-state index contributed by atoms with van der Waals surface area (Å²) in [7, 11) is 0. The molecule has 1 amide bonds. The van der Waals surface area contributed by atoms with E-state index in [0.29, 0.717) is 38.5 Å². The molecule has 1 aliphatic heterocycles. The van der Waals surface area contributed by atoms with E-state index in [0.717, 1.165) is 36.8 Å². The van der Waals surface area contributed by atoms with Gasteiger partial charge < -0.3 is 14.9 Å². The van der Waals surface area contributed by atoms with Gasteiger partial charge in [0.05, 0.1) is 18.6 Å². The van der Waals surface area contributed by atoms with Crippen molar-refractivity contribution in [1.29, 1.82) is 0 Å². The van der Waals surface area contributed by atoms with Gasteiger partial charge >= 0.3 is 5.97 Å². The van der Waals surface area contributed by atoms with E-state index in [-0.39, 0.29) is 23.9 Å². The molecule has 1 saturated heterocycles. The molecule has 2 aromatic carbocycles. The highest BCUT2D eigenvalue weighted by atomic mass is 32.1. The number of aliphatic hydroxyl groups is 1. The van der Waals surface area contributed by atoms with Gasteiger partial charge in [0, 0.05) is 30.4 Å². The molecule has 1 unspecified atom stereocenters. The highest BCUT2D eigenvalue weighted by Crippen LogP contribution is 2.48. The second-order valence-electron chi connectivity index (χ2n) is 13.8. The largest absolute Gasteiger partial charge is 0.479 e. The molecule has 3 atom stereocenters. The first kappa shape index (κ1) is 41.2. The second kappa shape index (κ2) is 19.4. The summed E-state index contributed by atoms with van der Waals surface area (Å²) in [5.41, 5.74) is -2.54. The van der Waals surface area contributed by atoms with E-state index >= 15 is 0 Å². The van der Waals surface area contributed by atoms with Crippen LogP contribution in [0.3, 0.4) is 0 Å².